The van der Waals surface area contributed by atoms with Gasteiger partial charge in [0, 0.05) is 25.2 Å². The standard InChI is InChI=1S/C11H11NO2/c1-12(2)9-3-4-11-8(5-9)6-10(7-13)14-11/h3-7H,1-2H3. The molecule has 1 aromatic heterocycles. The van der Waals surface area contributed by atoms with E-state index in [0.29, 0.717) is 5.76 Å². The fourth-order valence-electron chi connectivity index (χ4n) is 1.39. The molecular weight excluding hydrogens is 178 g/mol. The lowest BCUT2D eigenvalue weighted by atomic mass is 10.2. The maximum atomic E-state index is 10.5. The van der Waals surface area contributed by atoms with Crippen LogP contribution in [0, 0.1) is 0 Å². The molecule has 3 nitrogen and oxygen atoms in total. The van der Waals surface area contributed by atoms with Gasteiger partial charge in [-0.25, -0.2) is 0 Å². The minimum absolute atomic E-state index is 0.371. The maximum Gasteiger partial charge on any atom is 0.185 e. The van der Waals surface area contributed by atoms with Crippen molar-refractivity contribution < 1.29 is 9.21 Å². The first-order valence-corrected chi connectivity index (χ1v) is 4.37. The summed E-state index contributed by atoms with van der Waals surface area (Å²) < 4.78 is 5.27. The zero-order chi connectivity index (χ0) is 10.1. The third kappa shape index (κ3) is 1.37. The van der Waals surface area contributed by atoms with Gasteiger partial charge in [0.25, 0.3) is 0 Å². The highest BCUT2D eigenvalue weighted by Crippen LogP contribution is 2.23. The van der Waals surface area contributed by atoms with Crippen LogP contribution in [0.25, 0.3) is 11.0 Å². The SMILES string of the molecule is CN(C)c1ccc2oc(C=O)cc2c1. The Morgan fingerprint density at radius 2 is 2.07 bits per heavy atom. The normalized spacial score (nSPS) is 10.4. The molecule has 0 amide bonds. The van der Waals surface area contributed by atoms with E-state index in [2.05, 4.69) is 0 Å². The molecule has 2 rings (SSSR count). The number of fused-ring (bicyclic) bond motifs is 1. The molecule has 2 aromatic rings. The molecular formula is C11H11NO2. The third-order valence-electron chi connectivity index (χ3n) is 2.15. The van der Waals surface area contributed by atoms with Crippen LogP contribution in [-0.2, 0) is 0 Å². The van der Waals surface area contributed by atoms with Gasteiger partial charge in [-0.2, -0.15) is 0 Å². The Labute approximate surface area is 81.9 Å². The van der Waals surface area contributed by atoms with Crippen LogP contribution < -0.4 is 4.90 Å². The van der Waals surface area contributed by atoms with Crippen molar-refractivity contribution >= 4 is 22.9 Å². The second kappa shape index (κ2) is 3.18. The predicted octanol–water partition coefficient (Wildman–Crippen LogP) is 2.31. The Morgan fingerprint density at radius 3 is 2.71 bits per heavy atom. The van der Waals surface area contributed by atoms with Crippen LogP contribution in [0.2, 0.25) is 0 Å². The quantitative estimate of drug-likeness (QED) is 0.680. The van der Waals surface area contributed by atoms with Crippen molar-refractivity contribution in [3.63, 3.8) is 0 Å². The van der Waals surface area contributed by atoms with Gasteiger partial charge in [0.05, 0.1) is 0 Å². The first-order chi connectivity index (χ1) is 6.70. The number of carbonyl (C=O) groups excluding carboxylic acids is 1. The van der Waals surface area contributed by atoms with Crippen molar-refractivity contribution in [2.75, 3.05) is 19.0 Å². The summed E-state index contributed by atoms with van der Waals surface area (Å²) in [6.07, 6.45) is 0.718. The van der Waals surface area contributed by atoms with Gasteiger partial charge in [-0.15, -0.1) is 0 Å². The van der Waals surface area contributed by atoms with E-state index in [9.17, 15) is 4.79 Å². The van der Waals surface area contributed by atoms with Gasteiger partial charge in [0.2, 0.25) is 0 Å². The second-order valence-electron chi connectivity index (χ2n) is 3.38. The first kappa shape index (κ1) is 8.81. The molecule has 1 heterocycles. The van der Waals surface area contributed by atoms with E-state index in [4.69, 9.17) is 4.42 Å². The lowest BCUT2D eigenvalue weighted by Gasteiger charge is -2.11. The molecule has 0 unspecified atom stereocenters. The molecule has 0 aliphatic heterocycles. The Bertz CT molecular complexity index is 471. The molecule has 0 fully saturated rings. The molecule has 14 heavy (non-hydrogen) atoms. The van der Waals surface area contributed by atoms with Crippen LogP contribution in [0.4, 0.5) is 5.69 Å². The maximum absolute atomic E-state index is 10.5. The fourth-order valence-corrected chi connectivity index (χ4v) is 1.39. The zero-order valence-electron chi connectivity index (χ0n) is 8.15. The molecule has 0 N–H and O–H groups in total. The van der Waals surface area contributed by atoms with Crippen LogP contribution >= 0.6 is 0 Å². The second-order valence-corrected chi connectivity index (χ2v) is 3.38. The van der Waals surface area contributed by atoms with Crippen LogP contribution in [0.1, 0.15) is 10.6 Å². The van der Waals surface area contributed by atoms with E-state index in [1.807, 2.05) is 37.2 Å². The average molecular weight is 189 g/mol. The van der Waals surface area contributed by atoms with E-state index < -0.39 is 0 Å². The Morgan fingerprint density at radius 1 is 1.29 bits per heavy atom. The summed E-state index contributed by atoms with van der Waals surface area (Å²) in [5.41, 5.74) is 1.84. The molecule has 0 aliphatic carbocycles. The van der Waals surface area contributed by atoms with Crippen molar-refractivity contribution in [3.8, 4) is 0 Å². The molecule has 0 spiro atoms. The minimum atomic E-state index is 0.371. The van der Waals surface area contributed by atoms with Gasteiger partial charge in [0.1, 0.15) is 5.58 Å². The summed E-state index contributed by atoms with van der Waals surface area (Å²) in [6, 6.07) is 7.57. The minimum Gasteiger partial charge on any atom is -0.453 e. The van der Waals surface area contributed by atoms with E-state index in [-0.39, 0.29) is 0 Å². The van der Waals surface area contributed by atoms with Crippen molar-refractivity contribution in [2.24, 2.45) is 0 Å². The van der Waals surface area contributed by atoms with Gasteiger partial charge in [0.15, 0.2) is 12.0 Å². The topological polar surface area (TPSA) is 33.5 Å². The van der Waals surface area contributed by atoms with Gasteiger partial charge >= 0.3 is 0 Å². The fraction of sp³-hybridized carbons (Fsp3) is 0.182. The van der Waals surface area contributed by atoms with Gasteiger partial charge < -0.3 is 9.32 Å². The number of carbonyl (C=O) groups is 1. The van der Waals surface area contributed by atoms with Crippen molar-refractivity contribution in [1.82, 2.24) is 0 Å². The molecule has 0 saturated carbocycles. The smallest absolute Gasteiger partial charge is 0.185 e. The number of rotatable bonds is 2. The van der Waals surface area contributed by atoms with Gasteiger partial charge in [-0.1, -0.05) is 0 Å². The number of anilines is 1. The summed E-state index contributed by atoms with van der Waals surface area (Å²) >= 11 is 0. The average Bonchev–Trinajstić information content (AvgIpc) is 2.58. The zero-order valence-corrected chi connectivity index (χ0v) is 8.15. The van der Waals surface area contributed by atoms with E-state index >= 15 is 0 Å². The lowest BCUT2D eigenvalue weighted by Crippen LogP contribution is -2.07. The highest BCUT2D eigenvalue weighted by molar-refractivity contribution is 5.87. The number of benzene rings is 1. The van der Waals surface area contributed by atoms with E-state index in [0.717, 1.165) is 22.9 Å². The van der Waals surface area contributed by atoms with Crippen LogP contribution in [0.15, 0.2) is 28.7 Å². The molecule has 0 saturated heterocycles. The number of aldehydes is 1. The number of furan rings is 1. The highest BCUT2D eigenvalue weighted by atomic mass is 16.3. The van der Waals surface area contributed by atoms with Crippen molar-refractivity contribution in [3.05, 3.63) is 30.0 Å². The Kier molecular flexibility index (Phi) is 2.00. The summed E-state index contributed by atoms with van der Waals surface area (Å²) in [4.78, 5) is 12.5. The number of hydrogen-bond acceptors (Lipinski definition) is 3. The predicted molar refractivity (Wildman–Crippen MR) is 55.9 cm³/mol. The monoisotopic (exact) mass is 189 g/mol. The van der Waals surface area contributed by atoms with Crippen LogP contribution in [0.3, 0.4) is 0 Å². The van der Waals surface area contributed by atoms with E-state index in [1.165, 1.54) is 0 Å². The summed E-state index contributed by atoms with van der Waals surface area (Å²) in [6.45, 7) is 0. The molecule has 1 aromatic carbocycles. The first-order valence-electron chi connectivity index (χ1n) is 4.37. The number of nitrogens with zero attached hydrogens (tertiary/aromatic N) is 1. The van der Waals surface area contributed by atoms with Crippen molar-refractivity contribution in [2.45, 2.75) is 0 Å². The largest absolute Gasteiger partial charge is 0.453 e. The summed E-state index contributed by atoms with van der Waals surface area (Å²) in [5, 5.41) is 0.957. The molecule has 0 radical (unpaired) electrons. The molecule has 0 bridgehead atoms. The Hall–Kier alpha value is -1.77. The van der Waals surface area contributed by atoms with Gasteiger partial charge in [-0.3, -0.25) is 4.79 Å². The van der Waals surface area contributed by atoms with Crippen molar-refractivity contribution in [1.29, 1.82) is 0 Å². The van der Waals surface area contributed by atoms with E-state index in [1.54, 1.807) is 6.07 Å². The lowest BCUT2D eigenvalue weighted by molar-refractivity contribution is 0.110. The summed E-state index contributed by atoms with van der Waals surface area (Å²) in [7, 11) is 3.95. The van der Waals surface area contributed by atoms with Crippen LogP contribution in [0.5, 0.6) is 0 Å². The number of hydrogen-bond donors (Lipinski definition) is 0. The molecule has 72 valence electrons. The Balaban J connectivity index is 2.59. The molecule has 0 atom stereocenters. The third-order valence-corrected chi connectivity index (χ3v) is 2.15. The summed E-state index contributed by atoms with van der Waals surface area (Å²) in [5.74, 6) is 0.371. The van der Waals surface area contributed by atoms with Gasteiger partial charge in [-0.05, 0) is 24.3 Å². The molecule has 0 aliphatic rings. The molecule has 3 heteroatoms. The van der Waals surface area contributed by atoms with Crippen LogP contribution in [-0.4, -0.2) is 20.4 Å². The highest BCUT2D eigenvalue weighted by Gasteiger charge is 2.03.